The third-order valence-corrected chi connectivity index (χ3v) is 9.18. The van der Waals surface area contributed by atoms with Crippen molar-refractivity contribution < 1.29 is 33.6 Å². The van der Waals surface area contributed by atoms with Crippen molar-refractivity contribution in [3.8, 4) is 11.1 Å². The summed E-state index contributed by atoms with van der Waals surface area (Å²) >= 11 is 0. The Morgan fingerprint density at radius 1 is 0.978 bits per heavy atom. The van der Waals surface area contributed by atoms with Crippen molar-refractivity contribution in [2.75, 3.05) is 39.5 Å². The first kappa shape index (κ1) is 32.4. The number of likely N-dealkylation sites (tertiary alicyclic amines) is 1. The monoisotopic (exact) mass is 628 g/mol. The molecule has 0 aliphatic carbocycles. The number of rotatable bonds is 10. The first-order chi connectivity index (χ1) is 22.4. The molecule has 3 fully saturated rings. The van der Waals surface area contributed by atoms with Crippen LogP contribution >= 0.6 is 0 Å². The second-order valence-corrected chi connectivity index (χ2v) is 12.3. The van der Waals surface area contributed by atoms with Gasteiger partial charge >= 0.3 is 6.09 Å². The zero-order valence-corrected chi connectivity index (χ0v) is 26.4. The van der Waals surface area contributed by atoms with E-state index >= 15 is 0 Å². The van der Waals surface area contributed by atoms with Gasteiger partial charge in [0.25, 0.3) is 0 Å². The van der Waals surface area contributed by atoms with Crippen molar-refractivity contribution in [3.63, 3.8) is 0 Å². The minimum atomic E-state index is -0.564. The summed E-state index contributed by atoms with van der Waals surface area (Å²) in [5, 5.41) is 12.4. The van der Waals surface area contributed by atoms with Gasteiger partial charge in [-0.2, -0.15) is 0 Å². The van der Waals surface area contributed by atoms with Gasteiger partial charge in [0.05, 0.1) is 32.0 Å². The van der Waals surface area contributed by atoms with Crippen LogP contribution < -0.4 is 5.32 Å². The van der Waals surface area contributed by atoms with Gasteiger partial charge in [-0.1, -0.05) is 80.2 Å². The summed E-state index contributed by atoms with van der Waals surface area (Å²) in [6.07, 6.45) is 1.94. The number of hydrogen-bond donors (Lipinski definition) is 2. The third-order valence-electron chi connectivity index (χ3n) is 9.18. The van der Waals surface area contributed by atoms with Crippen molar-refractivity contribution in [1.82, 2.24) is 10.2 Å². The Labute approximate surface area is 271 Å². The highest BCUT2D eigenvalue weighted by Gasteiger charge is 2.43. The van der Waals surface area contributed by atoms with Crippen LogP contribution in [0.5, 0.6) is 0 Å². The molecular weight excluding hydrogens is 584 g/mol. The van der Waals surface area contributed by atoms with Crippen LogP contribution in [0.2, 0.25) is 0 Å². The molecule has 3 aliphatic rings. The second-order valence-electron chi connectivity index (χ2n) is 12.3. The number of amides is 1. The Bertz CT molecular complexity index is 1460. The van der Waals surface area contributed by atoms with Gasteiger partial charge in [-0.25, -0.2) is 4.79 Å². The number of benzene rings is 3. The van der Waals surface area contributed by atoms with Crippen LogP contribution in [-0.2, 0) is 36.8 Å². The van der Waals surface area contributed by atoms with Crippen LogP contribution in [0.4, 0.5) is 4.79 Å². The van der Waals surface area contributed by atoms with E-state index in [0.717, 1.165) is 65.9 Å². The molecule has 1 spiro atoms. The predicted molar refractivity (Wildman–Crippen MR) is 174 cm³/mol. The summed E-state index contributed by atoms with van der Waals surface area (Å²) < 4.78 is 30.5. The van der Waals surface area contributed by atoms with Crippen LogP contribution in [-0.4, -0.2) is 67.4 Å². The molecule has 4 atom stereocenters. The van der Waals surface area contributed by atoms with Crippen LogP contribution in [0.25, 0.3) is 11.1 Å². The molecule has 0 radical (unpaired) electrons. The molecule has 3 aromatic carbocycles. The summed E-state index contributed by atoms with van der Waals surface area (Å²) in [7, 11) is 0. The van der Waals surface area contributed by atoms with Crippen LogP contribution in [0.1, 0.15) is 54.4 Å². The number of nitrogens with one attached hydrogen (secondary N) is 1. The Hall–Kier alpha value is -3.57. The molecular formula is C37H44N2O7. The third kappa shape index (κ3) is 7.69. The lowest BCUT2D eigenvalue weighted by atomic mass is 9.89. The molecule has 3 aromatic rings. The SMILES string of the molecule is C=CCOC(=O)NCc1cccc(-c2cccc([C@H]3O[C@@H](CN4CCC5(CC4)OCCO5)[C@@H](C)[C@@H](c4ccc(CO)cc4)O3)c2)c1. The van der Waals surface area contributed by atoms with Gasteiger partial charge < -0.3 is 39.0 Å². The van der Waals surface area contributed by atoms with E-state index in [0.29, 0.717) is 19.8 Å². The summed E-state index contributed by atoms with van der Waals surface area (Å²) in [6, 6.07) is 24.3. The number of piperidine rings is 1. The molecule has 3 saturated heterocycles. The smallest absolute Gasteiger partial charge is 0.407 e. The van der Waals surface area contributed by atoms with Gasteiger partial charge in [0.1, 0.15) is 6.61 Å². The lowest BCUT2D eigenvalue weighted by Gasteiger charge is -2.44. The molecule has 3 heterocycles. The molecule has 3 aliphatic heterocycles. The zero-order valence-electron chi connectivity index (χ0n) is 26.4. The molecule has 0 aromatic heterocycles. The minimum Gasteiger partial charge on any atom is -0.445 e. The number of carbonyl (C=O) groups excluding carboxylic acids is 1. The predicted octanol–water partition coefficient (Wildman–Crippen LogP) is 5.89. The standard InChI is InChI=1S/C37H44N2O7/c1-3-18-42-36(41)38-23-28-6-4-7-30(21-28)31-8-5-9-32(22-31)35-45-33(24-39-16-14-37(15-17-39)43-19-20-44-37)26(2)34(46-35)29-12-10-27(25-40)11-13-29/h3-13,21-22,26,33-35,40H,1,14-20,23-25H2,2H3,(H,38,41)/t26-,33+,34+,35+/m1/s1. The quantitative estimate of drug-likeness (QED) is 0.269. The first-order valence-electron chi connectivity index (χ1n) is 16.2. The lowest BCUT2D eigenvalue weighted by molar-refractivity contribution is -0.278. The molecule has 0 saturated carbocycles. The number of hydrogen-bond acceptors (Lipinski definition) is 8. The Balaban J connectivity index is 1.20. The van der Waals surface area contributed by atoms with Crippen molar-refractivity contribution in [1.29, 1.82) is 0 Å². The second kappa shape index (κ2) is 14.9. The fourth-order valence-corrected chi connectivity index (χ4v) is 6.53. The number of aliphatic hydroxyl groups is 1. The molecule has 244 valence electrons. The molecule has 46 heavy (non-hydrogen) atoms. The largest absolute Gasteiger partial charge is 0.445 e. The number of alkyl carbamates (subject to hydrolysis) is 1. The van der Waals surface area contributed by atoms with Gasteiger partial charge in [-0.05, 0) is 39.9 Å². The van der Waals surface area contributed by atoms with Crippen LogP contribution in [0.15, 0.2) is 85.5 Å². The van der Waals surface area contributed by atoms with Gasteiger partial charge in [-0.15, -0.1) is 0 Å². The number of aliphatic hydroxyl groups excluding tert-OH is 1. The highest BCUT2D eigenvalue weighted by atomic mass is 16.7. The van der Waals surface area contributed by atoms with Gasteiger partial charge in [0.15, 0.2) is 12.1 Å². The Morgan fingerprint density at radius 3 is 2.41 bits per heavy atom. The lowest BCUT2D eigenvalue weighted by Crippen LogP contribution is -2.50. The van der Waals surface area contributed by atoms with Crippen molar-refractivity contribution in [2.24, 2.45) is 5.92 Å². The number of carbonyl (C=O) groups is 1. The molecule has 1 amide bonds. The summed E-state index contributed by atoms with van der Waals surface area (Å²) in [5.41, 5.74) is 5.88. The number of nitrogens with zero attached hydrogens (tertiary/aromatic N) is 1. The number of ether oxygens (including phenoxy) is 5. The summed E-state index contributed by atoms with van der Waals surface area (Å²) in [5.74, 6) is -0.322. The fourth-order valence-electron chi connectivity index (χ4n) is 6.53. The Morgan fingerprint density at radius 2 is 1.70 bits per heavy atom. The topological polar surface area (TPSA) is 98.7 Å². The van der Waals surface area contributed by atoms with E-state index in [-0.39, 0.29) is 31.3 Å². The maximum absolute atomic E-state index is 11.9. The molecule has 0 bridgehead atoms. The van der Waals surface area contributed by atoms with Crippen LogP contribution in [0.3, 0.4) is 0 Å². The van der Waals surface area contributed by atoms with E-state index in [1.54, 1.807) is 0 Å². The van der Waals surface area contributed by atoms with Crippen molar-refractivity contribution in [2.45, 2.75) is 57.2 Å². The van der Waals surface area contributed by atoms with E-state index in [2.05, 4.69) is 60.1 Å². The van der Waals surface area contributed by atoms with Gasteiger partial charge in [0.2, 0.25) is 0 Å². The van der Waals surface area contributed by atoms with E-state index < -0.39 is 18.2 Å². The molecule has 2 N–H and O–H groups in total. The first-order valence-corrected chi connectivity index (χ1v) is 16.2. The minimum absolute atomic E-state index is 0.00303. The zero-order chi connectivity index (χ0) is 31.9. The van der Waals surface area contributed by atoms with E-state index in [9.17, 15) is 9.90 Å². The molecule has 9 nitrogen and oxygen atoms in total. The molecule has 6 rings (SSSR count). The fraction of sp³-hybridized carbons (Fsp3) is 0.432. The summed E-state index contributed by atoms with van der Waals surface area (Å²) in [6.45, 7) is 10.2. The molecule has 0 unspecified atom stereocenters. The highest BCUT2D eigenvalue weighted by Crippen LogP contribution is 2.43. The Kier molecular flexibility index (Phi) is 10.5. The van der Waals surface area contributed by atoms with E-state index in [1.807, 2.05) is 36.4 Å². The van der Waals surface area contributed by atoms with Gasteiger partial charge in [-0.3, -0.25) is 0 Å². The van der Waals surface area contributed by atoms with Gasteiger partial charge in [0, 0.05) is 50.5 Å². The normalized spacial score (nSPS) is 24.5. The van der Waals surface area contributed by atoms with E-state index in [4.69, 9.17) is 23.7 Å². The maximum Gasteiger partial charge on any atom is 0.407 e. The highest BCUT2D eigenvalue weighted by molar-refractivity contribution is 5.68. The van der Waals surface area contributed by atoms with Crippen molar-refractivity contribution >= 4 is 6.09 Å². The summed E-state index contributed by atoms with van der Waals surface area (Å²) in [4.78, 5) is 14.4. The molecule has 9 heteroatoms. The van der Waals surface area contributed by atoms with Crippen molar-refractivity contribution in [3.05, 3.63) is 108 Å². The van der Waals surface area contributed by atoms with E-state index in [1.165, 1.54) is 6.08 Å². The average molecular weight is 629 g/mol. The average Bonchev–Trinajstić information content (AvgIpc) is 3.56. The van der Waals surface area contributed by atoms with Crippen LogP contribution in [0, 0.1) is 5.92 Å². The maximum atomic E-state index is 11.9.